The van der Waals surface area contributed by atoms with Gasteiger partial charge in [-0.25, -0.2) is 4.79 Å². The number of benzene rings is 2. The molecule has 2 rings (SSSR count). The van der Waals surface area contributed by atoms with E-state index >= 15 is 0 Å². The standard InChI is InChI=1S/C18H15F3N2O3/c19-18(20,21)26-15-8-9-16(22)14(11-15)7-4-10-23-17(24)25-12-13-5-2-1-3-6-13/h1-3,5-6,8-9,11H,10,12,22H2,(H,23,24). The molecule has 1 amide bonds. The molecule has 0 fully saturated rings. The third kappa shape index (κ3) is 6.65. The van der Waals surface area contributed by atoms with E-state index in [9.17, 15) is 18.0 Å². The maximum Gasteiger partial charge on any atom is 0.573 e. The van der Waals surface area contributed by atoms with Gasteiger partial charge in [0.05, 0.1) is 12.1 Å². The summed E-state index contributed by atoms with van der Waals surface area (Å²) >= 11 is 0. The number of carbonyl (C=O) groups excluding carboxylic acids is 1. The molecule has 8 heteroatoms. The first kappa shape index (κ1) is 19.0. The first-order valence-corrected chi connectivity index (χ1v) is 7.42. The van der Waals surface area contributed by atoms with E-state index in [2.05, 4.69) is 21.9 Å². The number of rotatable bonds is 4. The van der Waals surface area contributed by atoms with E-state index in [-0.39, 0.29) is 24.4 Å². The van der Waals surface area contributed by atoms with Gasteiger partial charge in [-0.3, -0.25) is 0 Å². The topological polar surface area (TPSA) is 73.6 Å². The molecule has 0 saturated carbocycles. The molecule has 0 atom stereocenters. The summed E-state index contributed by atoms with van der Waals surface area (Å²) in [5.74, 6) is 4.73. The summed E-state index contributed by atoms with van der Waals surface area (Å²) in [7, 11) is 0. The van der Waals surface area contributed by atoms with Crippen molar-refractivity contribution in [3.8, 4) is 17.6 Å². The zero-order chi connectivity index (χ0) is 19.0. The van der Waals surface area contributed by atoms with Gasteiger partial charge in [0.2, 0.25) is 0 Å². The molecule has 2 aromatic carbocycles. The van der Waals surface area contributed by atoms with Crippen molar-refractivity contribution >= 4 is 11.8 Å². The van der Waals surface area contributed by atoms with Crippen molar-refractivity contribution in [3.05, 3.63) is 59.7 Å². The number of hydrogen-bond acceptors (Lipinski definition) is 4. The van der Waals surface area contributed by atoms with Crippen LogP contribution >= 0.6 is 0 Å². The summed E-state index contributed by atoms with van der Waals surface area (Å²) in [4.78, 5) is 11.5. The molecule has 0 unspecified atom stereocenters. The second-order valence-electron chi connectivity index (χ2n) is 5.01. The molecule has 0 spiro atoms. The number of nitrogens with one attached hydrogen (secondary N) is 1. The number of ether oxygens (including phenoxy) is 2. The number of alkyl halides is 3. The second-order valence-corrected chi connectivity index (χ2v) is 5.01. The number of carbonyl (C=O) groups is 1. The number of alkyl carbamates (subject to hydrolysis) is 1. The van der Waals surface area contributed by atoms with Gasteiger partial charge in [0.15, 0.2) is 0 Å². The second kappa shape index (κ2) is 8.67. The lowest BCUT2D eigenvalue weighted by Crippen LogP contribution is -2.24. The Labute approximate surface area is 147 Å². The highest BCUT2D eigenvalue weighted by Gasteiger charge is 2.31. The Balaban J connectivity index is 1.85. The van der Waals surface area contributed by atoms with Gasteiger partial charge in [-0.2, -0.15) is 0 Å². The van der Waals surface area contributed by atoms with Gasteiger partial charge in [-0.15, -0.1) is 13.2 Å². The Morgan fingerprint density at radius 2 is 1.88 bits per heavy atom. The van der Waals surface area contributed by atoms with E-state index in [0.717, 1.165) is 17.7 Å². The Morgan fingerprint density at radius 3 is 2.58 bits per heavy atom. The Bertz CT molecular complexity index is 812. The number of anilines is 1. The maximum absolute atomic E-state index is 12.2. The average molecular weight is 364 g/mol. The number of nitrogen functional groups attached to an aromatic ring is 1. The lowest BCUT2D eigenvalue weighted by atomic mass is 10.2. The third-order valence-electron chi connectivity index (χ3n) is 3.02. The zero-order valence-corrected chi connectivity index (χ0v) is 13.5. The lowest BCUT2D eigenvalue weighted by molar-refractivity contribution is -0.274. The van der Waals surface area contributed by atoms with Crippen LogP contribution in [0.2, 0.25) is 0 Å². The van der Waals surface area contributed by atoms with Crippen molar-refractivity contribution < 1.29 is 27.4 Å². The van der Waals surface area contributed by atoms with Gasteiger partial charge in [-0.05, 0) is 23.8 Å². The normalized spacial score (nSPS) is 10.4. The van der Waals surface area contributed by atoms with E-state index in [1.165, 1.54) is 6.07 Å². The summed E-state index contributed by atoms with van der Waals surface area (Å²) in [6.07, 6.45) is -5.46. The van der Waals surface area contributed by atoms with Crippen LogP contribution in [-0.4, -0.2) is 19.0 Å². The van der Waals surface area contributed by atoms with Crippen molar-refractivity contribution in [2.24, 2.45) is 0 Å². The summed E-state index contributed by atoms with van der Waals surface area (Å²) in [6.45, 7) is 0.0568. The molecule has 136 valence electrons. The van der Waals surface area contributed by atoms with Crippen molar-refractivity contribution in [2.75, 3.05) is 12.3 Å². The van der Waals surface area contributed by atoms with E-state index in [1.54, 1.807) is 0 Å². The van der Waals surface area contributed by atoms with Crippen LogP contribution in [0.5, 0.6) is 5.75 Å². The molecule has 0 aliphatic rings. The molecule has 3 N–H and O–H groups in total. The minimum Gasteiger partial charge on any atom is -0.445 e. The van der Waals surface area contributed by atoms with Gasteiger partial charge < -0.3 is 20.5 Å². The zero-order valence-electron chi connectivity index (χ0n) is 13.5. The number of halogens is 3. The van der Waals surface area contributed by atoms with Gasteiger partial charge in [0.25, 0.3) is 0 Å². The highest BCUT2D eigenvalue weighted by Crippen LogP contribution is 2.25. The van der Waals surface area contributed by atoms with E-state index in [1.807, 2.05) is 30.3 Å². The summed E-state index contributed by atoms with van der Waals surface area (Å²) < 4.78 is 45.4. The minimum atomic E-state index is -4.80. The predicted molar refractivity (Wildman–Crippen MR) is 89.0 cm³/mol. The molecule has 0 radical (unpaired) electrons. The first-order chi connectivity index (χ1) is 12.3. The molecule has 0 aliphatic carbocycles. The van der Waals surface area contributed by atoms with E-state index < -0.39 is 18.2 Å². The van der Waals surface area contributed by atoms with Crippen molar-refractivity contribution in [3.63, 3.8) is 0 Å². The van der Waals surface area contributed by atoms with Gasteiger partial charge in [0.1, 0.15) is 12.4 Å². The van der Waals surface area contributed by atoms with Crippen LogP contribution in [0.1, 0.15) is 11.1 Å². The molecule has 0 saturated heterocycles. The highest BCUT2D eigenvalue weighted by molar-refractivity contribution is 5.67. The van der Waals surface area contributed by atoms with Crippen LogP contribution in [0, 0.1) is 11.8 Å². The Hall–Kier alpha value is -3.34. The molecule has 0 aromatic heterocycles. The molecule has 0 aliphatic heterocycles. The molecule has 2 aromatic rings. The Morgan fingerprint density at radius 1 is 1.15 bits per heavy atom. The van der Waals surface area contributed by atoms with Crippen molar-refractivity contribution in [1.29, 1.82) is 0 Å². The fourth-order valence-corrected chi connectivity index (χ4v) is 1.87. The average Bonchev–Trinajstić information content (AvgIpc) is 2.59. The summed E-state index contributed by atoms with van der Waals surface area (Å²) in [5, 5.41) is 2.41. The van der Waals surface area contributed by atoms with Crippen LogP contribution in [0.4, 0.5) is 23.7 Å². The van der Waals surface area contributed by atoms with Crippen LogP contribution in [0.3, 0.4) is 0 Å². The quantitative estimate of drug-likeness (QED) is 0.644. The molecule has 5 nitrogen and oxygen atoms in total. The fourth-order valence-electron chi connectivity index (χ4n) is 1.87. The smallest absolute Gasteiger partial charge is 0.445 e. The van der Waals surface area contributed by atoms with Gasteiger partial charge in [-0.1, -0.05) is 42.2 Å². The number of hydrogen-bond donors (Lipinski definition) is 2. The first-order valence-electron chi connectivity index (χ1n) is 7.42. The van der Waals surface area contributed by atoms with E-state index in [4.69, 9.17) is 10.5 Å². The van der Waals surface area contributed by atoms with Gasteiger partial charge >= 0.3 is 12.5 Å². The molecule has 0 heterocycles. The third-order valence-corrected chi connectivity index (χ3v) is 3.02. The van der Waals surface area contributed by atoms with Gasteiger partial charge in [0, 0.05) is 5.69 Å². The summed E-state index contributed by atoms with van der Waals surface area (Å²) in [5.41, 5.74) is 6.84. The fraction of sp³-hybridized carbons (Fsp3) is 0.167. The number of nitrogens with two attached hydrogens (primary N) is 1. The van der Waals surface area contributed by atoms with Crippen LogP contribution in [0.15, 0.2) is 48.5 Å². The van der Waals surface area contributed by atoms with Crippen molar-refractivity contribution in [2.45, 2.75) is 13.0 Å². The maximum atomic E-state index is 12.2. The molecular weight excluding hydrogens is 349 g/mol. The predicted octanol–water partition coefficient (Wildman–Crippen LogP) is 3.45. The number of amides is 1. The summed E-state index contributed by atoms with van der Waals surface area (Å²) in [6, 6.07) is 12.5. The molecule has 0 bridgehead atoms. The monoisotopic (exact) mass is 364 g/mol. The van der Waals surface area contributed by atoms with Crippen molar-refractivity contribution in [1.82, 2.24) is 5.32 Å². The Kier molecular flexibility index (Phi) is 6.33. The minimum absolute atomic E-state index is 0.0581. The van der Waals surface area contributed by atoms with Crippen LogP contribution < -0.4 is 15.8 Å². The van der Waals surface area contributed by atoms with Crippen LogP contribution in [-0.2, 0) is 11.3 Å². The molecular formula is C18H15F3N2O3. The highest BCUT2D eigenvalue weighted by atomic mass is 19.4. The van der Waals surface area contributed by atoms with Crippen LogP contribution in [0.25, 0.3) is 0 Å². The largest absolute Gasteiger partial charge is 0.573 e. The molecule has 26 heavy (non-hydrogen) atoms. The lowest BCUT2D eigenvalue weighted by Gasteiger charge is -2.09. The SMILES string of the molecule is Nc1ccc(OC(F)(F)F)cc1C#CCNC(=O)OCc1ccccc1. The van der Waals surface area contributed by atoms with E-state index in [0.29, 0.717) is 0 Å².